The van der Waals surface area contributed by atoms with E-state index in [9.17, 15) is 13.2 Å². The number of anilines is 2. The zero-order valence-corrected chi connectivity index (χ0v) is 12.7. The first-order chi connectivity index (χ1) is 10.9. The highest BCUT2D eigenvalue weighted by Crippen LogP contribution is 2.33. The second kappa shape index (κ2) is 5.96. The van der Waals surface area contributed by atoms with E-state index in [1.165, 1.54) is 11.3 Å². The van der Waals surface area contributed by atoms with Gasteiger partial charge in [-0.05, 0) is 31.2 Å². The maximum absolute atomic E-state index is 12.7. The van der Waals surface area contributed by atoms with Crippen molar-refractivity contribution in [1.29, 1.82) is 0 Å². The summed E-state index contributed by atoms with van der Waals surface area (Å²) in [7, 11) is 0. The molecule has 3 aromatic rings. The van der Waals surface area contributed by atoms with Crippen LogP contribution in [-0.2, 0) is 6.18 Å². The Kier molecular flexibility index (Phi) is 3.99. The first-order valence-electron chi connectivity index (χ1n) is 6.62. The summed E-state index contributed by atoms with van der Waals surface area (Å²) in [6.07, 6.45) is -1.63. The number of pyridine rings is 2. The van der Waals surface area contributed by atoms with E-state index in [-0.39, 0.29) is 5.82 Å². The fourth-order valence-electron chi connectivity index (χ4n) is 1.98. The Balaban J connectivity index is 1.87. The van der Waals surface area contributed by atoms with Crippen molar-refractivity contribution in [2.75, 3.05) is 5.32 Å². The van der Waals surface area contributed by atoms with Crippen LogP contribution in [0.5, 0.6) is 0 Å². The molecule has 0 aliphatic rings. The predicted molar refractivity (Wildman–Crippen MR) is 82.6 cm³/mol. The Morgan fingerprint density at radius 2 is 1.91 bits per heavy atom. The standard InChI is InChI=1S/C15H11F3N4S/c1-9-13(11-4-2-3-6-19-11)22-14(23-9)21-12-8-10(5-7-20-12)15(16,17)18/h2-8H,1H3,(H,20,21,22). The Morgan fingerprint density at radius 1 is 1.09 bits per heavy atom. The highest BCUT2D eigenvalue weighted by Gasteiger charge is 2.30. The van der Waals surface area contributed by atoms with E-state index >= 15 is 0 Å². The van der Waals surface area contributed by atoms with Gasteiger partial charge in [0.05, 0.1) is 11.3 Å². The lowest BCUT2D eigenvalue weighted by molar-refractivity contribution is -0.137. The van der Waals surface area contributed by atoms with Crippen LogP contribution in [0.1, 0.15) is 10.4 Å². The maximum Gasteiger partial charge on any atom is 0.416 e. The number of rotatable bonds is 3. The lowest BCUT2D eigenvalue weighted by Crippen LogP contribution is -2.06. The second-order valence-corrected chi connectivity index (χ2v) is 5.89. The molecule has 4 nitrogen and oxygen atoms in total. The van der Waals surface area contributed by atoms with Crippen LogP contribution in [0.25, 0.3) is 11.4 Å². The van der Waals surface area contributed by atoms with Gasteiger partial charge in [-0.3, -0.25) is 4.98 Å². The van der Waals surface area contributed by atoms with Gasteiger partial charge in [-0.15, -0.1) is 11.3 Å². The Hall–Kier alpha value is -2.48. The number of nitrogens with zero attached hydrogens (tertiary/aromatic N) is 3. The van der Waals surface area contributed by atoms with Crippen LogP contribution >= 0.6 is 11.3 Å². The lowest BCUT2D eigenvalue weighted by Gasteiger charge is -2.08. The number of hydrogen-bond acceptors (Lipinski definition) is 5. The van der Waals surface area contributed by atoms with E-state index in [0.29, 0.717) is 16.5 Å². The third kappa shape index (κ3) is 3.48. The number of aromatic nitrogens is 3. The molecule has 0 radical (unpaired) electrons. The van der Waals surface area contributed by atoms with Crippen molar-refractivity contribution in [2.45, 2.75) is 13.1 Å². The molecular formula is C15H11F3N4S. The summed E-state index contributed by atoms with van der Waals surface area (Å²) in [5.41, 5.74) is 0.657. The SMILES string of the molecule is Cc1sc(Nc2cc(C(F)(F)F)ccn2)nc1-c1ccccn1. The molecule has 0 saturated heterocycles. The van der Waals surface area contributed by atoms with Gasteiger partial charge in [0.1, 0.15) is 11.5 Å². The average molecular weight is 336 g/mol. The molecule has 0 amide bonds. The van der Waals surface area contributed by atoms with Crippen molar-refractivity contribution in [3.63, 3.8) is 0 Å². The summed E-state index contributed by atoms with van der Waals surface area (Å²) in [5.74, 6) is 0.0983. The Bertz CT molecular complexity index is 815. The van der Waals surface area contributed by atoms with Crippen molar-refractivity contribution in [3.05, 3.63) is 53.2 Å². The molecule has 0 fully saturated rings. The highest BCUT2D eigenvalue weighted by atomic mass is 32.1. The average Bonchev–Trinajstić information content (AvgIpc) is 2.88. The summed E-state index contributed by atoms with van der Waals surface area (Å²) in [6, 6.07) is 7.36. The molecule has 8 heteroatoms. The number of thiazole rings is 1. The fourth-order valence-corrected chi connectivity index (χ4v) is 2.80. The monoisotopic (exact) mass is 336 g/mol. The van der Waals surface area contributed by atoms with E-state index in [1.807, 2.05) is 19.1 Å². The highest BCUT2D eigenvalue weighted by molar-refractivity contribution is 7.16. The zero-order chi connectivity index (χ0) is 16.4. The molecule has 0 aliphatic carbocycles. The molecule has 0 unspecified atom stereocenters. The van der Waals surface area contributed by atoms with E-state index in [1.54, 1.807) is 12.3 Å². The van der Waals surface area contributed by atoms with E-state index < -0.39 is 11.7 Å². The minimum atomic E-state index is -4.41. The molecule has 3 heterocycles. The molecule has 23 heavy (non-hydrogen) atoms. The van der Waals surface area contributed by atoms with Crippen molar-refractivity contribution < 1.29 is 13.2 Å². The molecular weight excluding hydrogens is 325 g/mol. The number of nitrogens with one attached hydrogen (secondary N) is 1. The first kappa shape index (κ1) is 15.4. The van der Waals surface area contributed by atoms with E-state index in [0.717, 1.165) is 23.2 Å². The molecule has 0 saturated carbocycles. The van der Waals surface area contributed by atoms with Crippen LogP contribution in [0.3, 0.4) is 0 Å². The number of hydrogen-bond donors (Lipinski definition) is 1. The molecule has 0 spiro atoms. The number of aryl methyl sites for hydroxylation is 1. The number of alkyl halides is 3. The lowest BCUT2D eigenvalue weighted by atomic mass is 10.2. The summed E-state index contributed by atoms with van der Waals surface area (Å²) in [4.78, 5) is 13.4. The largest absolute Gasteiger partial charge is 0.416 e. The zero-order valence-electron chi connectivity index (χ0n) is 11.9. The van der Waals surface area contributed by atoms with E-state index in [2.05, 4.69) is 20.3 Å². The third-order valence-electron chi connectivity index (χ3n) is 3.03. The van der Waals surface area contributed by atoms with Crippen LogP contribution in [0.15, 0.2) is 42.7 Å². The summed E-state index contributed by atoms with van der Waals surface area (Å²) < 4.78 is 38.2. The number of halogens is 3. The third-order valence-corrected chi connectivity index (χ3v) is 3.91. The summed E-state index contributed by atoms with van der Waals surface area (Å²) >= 11 is 1.33. The van der Waals surface area contributed by atoms with Gasteiger partial charge in [-0.1, -0.05) is 6.07 Å². The minimum absolute atomic E-state index is 0.0983. The van der Waals surface area contributed by atoms with Crippen molar-refractivity contribution in [1.82, 2.24) is 15.0 Å². The van der Waals surface area contributed by atoms with Crippen LogP contribution in [0.4, 0.5) is 24.1 Å². The molecule has 118 valence electrons. The van der Waals surface area contributed by atoms with Crippen LogP contribution in [0.2, 0.25) is 0 Å². The van der Waals surface area contributed by atoms with Gasteiger partial charge in [-0.25, -0.2) is 9.97 Å². The molecule has 0 atom stereocenters. The molecule has 3 aromatic heterocycles. The second-order valence-electron chi connectivity index (χ2n) is 4.69. The first-order valence-corrected chi connectivity index (χ1v) is 7.44. The van der Waals surface area contributed by atoms with Gasteiger partial charge in [0.2, 0.25) is 0 Å². The summed E-state index contributed by atoms with van der Waals surface area (Å²) in [6.45, 7) is 1.88. The van der Waals surface area contributed by atoms with Crippen LogP contribution < -0.4 is 5.32 Å². The van der Waals surface area contributed by atoms with Crippen molar-refractivity contribution in [2.24, 2.45) is 0 Å². The van der Waals surface area contributed by atoms with Crippen LogP contribution in [-0.4, -0.2) is 15.0 Å². The smallest absolute Gasteiger partial charge is 0.316 e. The molecule has 3 rings (SSSR count). The molecule has 0 aliphatic heterocycles. The van der Waals surface area contributed by atoms with E-state index in [4.69, 9.17) is 0 Å². The quantitative estimate of drug-likeness (QED) is 0.755. The fraction of sp³-hybridized carbons (Fsp3) is 0.133. The molecule has 0 bridgehead atoms. The van der Waals surface area contributed by atoms with Crippen molar-refractivity contribution >= 4 is 22.3 Å². The predicted octanol–water partition coefficient (Wildman–Crippen LogP) is 4.67. The van der Waals surface area contributed by atoms with Crippen LogP contribution in [0, 0.1) is 6.92 Å². The minimum Gasteiger partial charge on any atom is -0.316 e. The Morgan fingerprint density at radius 3 is 2.61 bits per heavy atom. The van der Waals surface area contributed by atoms with Gasteiger partial charge in [0, 0.05) is 17.3 Å². The summed E-state index contributed by atoms with van der Waals surface area (Å²) in [5, 5.41) is 3.28. The molecule has 1 N–H and O–H groups in total. The van der Waals surface area contributed by atoms with Gasteiger partial charge in [-0.2, -0.15) is 13.2 Å². The van der Waals surface area contributed by atoms with Gasteiger partial charge in [0.15, 0.2) is 5.13 Å². The van der Waals surface area contributed by atoms with Gasteiger partial charge in [0.25, 0.3) is 0 Å². The molecule has 0 aromatic carbocycles. The van der Waals surface area contributed by atoms with Gasteiger partial charge >= 0.3 is 6.18 Å². The van der Waals surface area contributed by atoms with Crippen molar-refractivity contribution in [3.8, 4) is 11.4 Å². The maximum atomic E-state index is 12.7. The van der Waals surface area contributed by atoms with Gasteiger partial charge < -0.3 is 5.32 Å². The normalized spacial score (nSPS) is 11.5. The Labute approximate surface area is 134 Å². The topological polar surface area (TPSA) is 50.7 Å².